The molecule has 30 nitrogen and oxygen atoms in total. The third-order valence-electron chi connectivity index (χ3n) is 18.7. The Morgan fingerprint density at radius 3 is 2.21 bits per heavy atom. The number of primary amides is 1. The molecule has 0 bridgehead atoms. The van der Waals surface area contributed by atoms with E-state index in [-0.39, 0.29) is 108 Å². The molecule has 576 valence electrons. The molecule has 6 atom stereocenters. The number of urea groups is 1. The third-order valence-corrected chi connectivity index (χ3v) is 18.7. The highest BCUT2D eigenvalue weighted by Gasteiger charge is 2.46. The molecule has 3 aromatic carbocycles. The number of amides is 9. The minimum atomic E-state index is -2.07. The van der Waals surface area contributed by atoms with Crippen LogP contribution in [-0.2, 0) is 110 Å². The highest BCUT2D eigenvalue weighted by atomic mass is 19.1. The Morgan fingerprint density at radius 1 is 0.757 bits per heavy atom. The zero-order valence-corrected chi connectivity index (χ0v) is 60.8. The number of carbonyl (C=O) groups excluding carboxylic acids is 9. The molecule has 9 rings (SSSR count). The van der Waals surface area contributed by atoms with Gasteiger partial charge in [0.25, 0.3) is 5.56 Å². The molecular weight excluding hydrogens is 1390 g/mol. The highest BCUT2D eigenvalue weighted by Crippen LogP contribution is 2.46. The summed E-state index contributed by atoms with van der Waals surface area (Å²) in [6.07, 6.45) is 4.78. The van der Waals surface area contributed by atoms with Gasteiger partial charge in [-0.1, -0.05) is 75.6 Å². The van der Waals surface area contributed by atoms with Crippen molar-refractivity contribution in [2.45, 2.75) is 160 Å². The Hall–Kier alpha value is -9.94. The van der Waals surface area contributed by atoms with E-state index in [1.807, 2.05) is 0 Å². The van der Waals surface area contributed by atoms with Crippen LogP contribution in [0.5, 0.6) is 0 Å². The Kier molecular flexibility index (Phi) is 30.4. The molecule has 4 aliphatic rings. The predicted molar refractivity (Wildman–Crippen MR) is 387 cm³/mol. The number of aryl methyl sites for hydroxylation is 1. The van der Waals surface area contributed by atoms with E-state index >= 15 is 4.39 Å². The smallest absolute Gasteiger partial charge is 0.408 e. The van der Waals surface area contributed by atoms with Crippen LogP contribution < -0.4 is 53.8 Å². The van der Waals surface area contributed by atoms with Crippen molar-refractivity contribution in [3.05, 3.63) is 127 Å². The lowest BCUT2D eigenvalue weighted by atomic mass is 9.81. The standard InChI is InChI=1S/C76H96FN11O19/c1-5-76(99)55-38-61-68-53(40-88(61)72(95)54(55)42-106-73(76)96)66-57(25-24-52-47(4)56(77)39-59(84-68)65(52)66)83-64(91)43-104-45-81-69(92)60(37-48-15-10-9-11-16-48)86-75(98)107-41-49-20-22-50(23-21-49)82-70(93)58(19-14-27-80-74(78)97)85-71(94)67(46(2)3)87-62(89)26-29-100-31-33-102-35-36-103-34-32-101-30-28-79-63(90)44-105-51-17-12-7-6-8-13-18-51/h9-11,15-16,20-23,38-39,46,51,57-58,60,67,99H,5-8,12,14,17,19,24-37,40-45H2,1-4H3,(H,79,90)(H,81,92)(H,82,93)(H,83,91)(H,85,94)(H,86,98)(H,87,89)(H3,78,80,97)/t51?,57-,58-,60-,67-,76-/m0/s1. The molecule has 1 unspecified atom stereocenters. The minimum absolute atomic E-state index is 0.0399. The Balaban J connectivity index is 0.690. The number of esters is 1. The highest BCUT2D eigenvalue weighted by molar-refractivity contribution is 5.99. The van der Waals surface area contributed by atoms with E-state index in [0.717, 1.165) is 37.7 Å². The molecule has 0 fully saturated rings. The molecule has 0 saturated heterocycles. The van der Waals surface area contributed by atoms with Crippen molar-refractivity contribution in [3.63, 3.8) is 0 Å². The average Bonchev–Trinajstić information content (AvgIpc) is 1.60. The van der Waals surface area contributed by atoms with Gasteiger partial charge in [-0.2, -0.15) is 0 Å². The van der Waals surface area contributed by atoms with Crippen molar-refractivity contribution < 1.29 is 90.5 Å². The number of nitrogens with two attached hydrogens (primary N) is 1. The number of hydrogen-bond acceptors (Lipinski definition) is 20. The fourth-order valence-corrected chi connectivity index (χ4v) is 13.0. The molecule has 107 heavy (non-hydrogen) atoms. The zero-order valence-electron chi connectivity index (χ0n) is 60.8. The molecule has 4 heterocycles. The van der Waals surface area contributed by atoms with E-state index in [9.17, 15) is 53.1 Å². The van der Waals surface area contributed by atoms with E-state index in [0.29, 0.717) is 108 Å². The van der Waals surface area contributed by atoms with Gasteiger partial charge in [-0.25, -0.2) is 23.8 Å². The van der Waals surface area contributed by atoms with E-state index in [2.05, 4.69) is 54.4 Å². The van der Waals surface area contributed by atoms with Crippen LogP contribution >= 0.6 is 0 Å². The second kappa shape index (κ2) is 40.1. The topological polar surface area (TPSA) is 405 Å². The van der Waals surface area contributed by atoms with Crippen LogP contribution in [0.4, 0.5) is 19.7 Å². The quantitative estimate of drug-likeness (QED) is 0.0111. The SMILES string of the molecule is CC[C@@]1(O)C(=O)OCc2c1cc1n(c2=O)Cc2c-1nc1cc(F)c(C)c3c1c2[C@@H](NC(=O)COCNC(=O)[C@H](Cc1ccccc1)NC(=O)OCc1ccc(NC(=O)[C@H](CCCNC(N)=O)NC(=O)[C@@H](NC(=O)CCOCCOCCOCCOCCNC(=O)COC2C#CCCCCC2)C(C)C)cc1)CC3. The first-order chi connectivity index (χ1) is 51.6. The number of alkyl carbamates (subject to hydrolysis) is 1. The summed E-state index contributed by atoms with van der Waals surface area (Å²) in [5.41, 5.74) is 7.87. The summed E-state index contributed by atoms with van der Waals surface area (Å²) in [6, 6.07) is 13.3. The normalized spacial score (nSPS) is 17.0. The molecule has 31 heteroatoms. The number of rotatable bonds is 40. The van der Waals surface area contributed by atoms with Crippen molar-refractivity contribution in [1.82, 2.24) is 46.8 Å². The zero-order chi connectivity index (χ0) is 76.4. The van der Waals surface area contributed by atoms with Gasteiger partial charge in [-0.3, -0.25) is 33.6 Å². The minimum Gasteiger partial charge on any atom is -0.458 e. The van der Waals surface area contributed by atoms with Crippen LogP contribution in [0.1, 0.15) is 136 Å². The van der Waals surface area contributed by atoms with Crippen molar-refractivity contribution in [2.75, 3.05) is 91.2 Å². The number of halogens is 1. The summed E-state index contributed by atoms with van der Waals surface area (Å²) < 4.78 is 61.3. The van der Waals surface area contributed by atoms with E-state index in [1.54, 1.807) is 88.4 Å². The molecule has 2 aromatic heterocycles. The molecular formula is C76H96FN11O19. The number of nitrogens with one attached hydrogen (secondary N) is 8. The number of aromatic nitrogens is 2. The Labute approximate surface area is 618 Å². The lowest BCUT2D eigenvalue weighted by molar-refractivity contribution is -0.172. The first kappa shape index (κ1) is 81.1. The molecule has 5 aromatic rings. The third kappa shape index (κ3) is 22.8. The van der Waals surface area contributed by atoms with Gasteiger partial charge < -0.3 is 95.8 Å². The molecule has 0 spiro atoms. The van der Waals surface area contributed by atoms with Gasteiger partial charge in [0.2, 0.25) is 35.4 Å². The Morgan fingerprint density at radius 2 is 1.49 bits per heavy atom. The number of nitrogens with zero attached hydrogens (tertiary/aromatic N) is 2. The summed E-state index contributed by atoms with van der Waals surface area (Å²) in [4.78, 5) is 137. The van der Waals surface area contributed by atoms with Crippen LogP contribution in [0.25, 0.3) is 22.3 Å². The summed E-state index contributed by atoms with van der Waals surface area (Å²) >= 11 is 0. The average molecular weight is 1490 g/mol. The lowest BCUT2D eigenvalue weighted by Gasteiger charge is -2.31. The van der Waals surface area contributed by atoms with Crippen molar-refractivity contribution in [1.29, 1.82) is 0 Å². The van der Waals surface area contributed by atoms with Gasteiger partial charge in [0.05, 0.1) is 87.9 Å². The summed E-state index contributed by atoms with van der Waals surface area (Å²) in [5.74, 6) is 1.32. The van der Waals surface area contributed by atoms with Crippen LogP contribution in [0, 0.1) is 30.5 Å². The second-order valence-corrected chi connectivity index (χ2v) is 26.7. The Bertz CT molecular complexity index is 4110. The second-order valence-electron chi connectivity index (χ2n) is 26.7. The number of hydrogen-bond donors (Lipinski definition) is 10. The number of carbonyl (C=O) groups is 9. The molecule has 2 aliphatic heterocycles. The first-order valence-corrected chi connectivity index (χ1v) is 36.3. The van der Waals surface area contributed by atoms with Gasteiger partial charge in [-0.05, 0) is 110 Å². The number of fused-ring (bicyclic) bond motifs is 5. The van der Waals surface area contributed by atoms with Crippen molar-refractivity contribution in [2.24, 2.45) is 11.7 Å². The summed E-state index contributed by atoms with van der Waals surface area (Å²) in [5, 5.41) is 33.9. The fourth-order valence-electron chi connectivity index (χ4n) is 13.0. The van der Waals surface area contributed by atoms with Gasteiger partial charge >= 0.3 is 18.1 Å². The molecule has 0 radical (unpaired) electrons. The van der Waals surface area contributed by atoms with E-state index < -0.39 is 108 Å². The van der Waals surface area contributed by atoms with Gasteiger partial charge in [-0.15, -0.1) is 5.92 Å². The van der Waals surface area contributed by atoms with Gasteiger partial charge in [0.1, 0.15) is 63.2 Å². The summed E-state index contributed by atoms with van der Waals surface area (Å²) in [7, 11) is 0. The van der Waals surface area contributed by atoms with Crippen molar-refractivity contribution >= 4 is 70.1 Å². The van der Waals surface area contributed by atoms with Crippen LogP contribution in [0.2, 0.25) is 0 Å². The van der Waals surface area contributed by atoms with Gasteiger partial charge in [0, 0.05) is 60.6 Å². The molecule has 9 amide bonds. The maximum absolute atomic E-state index is 15.5. The monoisotopic (exact) mass is 1490 g/mol. The van der Waals surface area contributed by atoms with Gasteiger partial charge in [0.15, 0.2) is 5.60 Å². The van der Waals surface area contributed by atoms with Crippen molar-refractivity contribution in [3.8, 4) is 23.2 Å². The number of benzene rings is 3. The fraction of sp³-hybridized carbons (Fsp3) is 0.513. The maximum atomic E-state index is 15.5. The molecule has 0 saturated carbocycles. The van der Waals surface area contributed by atoms with Crippen LogP contribution in [-0.4, -0.2) is 178 Å². The largest absolute Gasteiger partial charge is 0.458 e. The first-order valence-electron chi connectivity index (χ1n) is 36.3. The maximum Gasteiger partial charge on any atom is 0.408 e. The number of aliphatic hydroxyl groups is 1. The summed E-state index contributed by atoms with van der Waals surface area (Å²) in [6.45, 7) is 7.79. The predicted octanol–water partition coefficient (Wildman–Crippen LogP) is 4.20. The number of pyridine rings is 2. The van der Waals surface area contributed by atoms with E-state index in [4.69, 9.17) is 48.6 Å². The van der Waals surface area contributed by atoms with Crippen LogP contribution in [0.15, 0.2) is 71.5 Å². The van der Waals surface area contributed by atoms with Crippen LogP contribution in [0.3, 0.4) is 0 Å². The number of anilines is 1. The molecule has 11 N–H and O–H groups in total. The lowest BCUT2D eigenvalue weighted by Crippen LogP contribution is -2.54. The number of ether oxygens (including phenoxy) is 8. The van der Waals surface area contributed by atoms with E-state index in [1.165, 1.54) is 10.6 Å². The molecule has 2 aliphatic carbocycles. The number of cyclic esters (lactones) is 1.